The quantitative estimate of drug-likeness (QED) is 0.701. The molecular weight excluding hydrogens is 216 g/mol. The van der Waals surface area contributed by atoms with Crippen LogP contribution in [0.5, 0.6) is 0 Å². The molecule has 2 aromatic heterocycles. The van der Waals surface area contributed by atoms with Gasteiger partial charge in [0.1, 0.15) is 6.33 Å². The van der Waals surface area contributed by atoms with Gasteiger partial charge in [0, 0.05) is 19.6 Å². The number of nitrogens with one attached hydrogen (secondary N) is 1. The predicted molar refractivity (Wildman–Crippen MR) is 64.5 cm³/mol. The van der Waals surface area contributed by atoms with Gasteiger partial charge in [-0.15, -0.1) is 0 Å². The van der Waals surface area contributed by atoms with Gasteiger partial charge in [0.2, 0.25) is 0 Å². The van der Waals surface area contributed by atoms with Gasteiger partial charge in [0.25, 0.3) is 5.82 Å². The lowest BCUT2D eigenvalue weighted by Gasteiger charge is -2.49. The minimum Gasteiger partial charge on any atom is -0.337 e. The summed E-state index contributed by atoms with van der Waals surface area (Å²) in [6.45, 7) is 7.01. The number of quaternary nitrogens is 1. The third-order valence-electron chi connectivity index (χ3n) is 4.19. The second-order valence-electron chi connectivity index (χ2n) is 4.96. The molecule has 3 aliphatic rings. The van der Waals surface area contributed by atoms with Crippen LogP contribution in [0.3, 0.4) is 0 Å². The molecule has 5 heterocycles. The Morgan fingerprint density at radius 2 is 1.82 bits per heavy atom. The zero-order valence-corrected chi connectivity index (χ0v) is 9.63. The fraction of sp³-hybridized carbons (Fsp3) is 0.545. The minimum absolute atomic E-state index is 0.788. The van der Waals surface area contributed by atoms with E-state index in [1.165, 1.54) is 19.6 Å². The molecular formula is C11H15N6+. The number of imidazole rings is 1. The van der Waals surface area contributed by atoms with Crippen molar-refractivity contribution < 1.29 is 0 Å². The molecule has 0 unspecified atom stereocenters. The molecule has 2 bridgehead atoms. The summed E-state index contributed by atoms with van der Waals surface area (Å²) in [4.78, 5) is 18.7. The summed E-state index contributed by atoms with van der Waals surface area (Å²) in [6, 6.07) is 0. The molecule has 0 radical (unpaired) electrons. The number of hydrogen-bond donors (Lipinski definition) is 1. The normalized spacial score (nSPS) is 32.1. The van der Waals surface area contributed by atoms with Crippen LogP contribution in [-0.4, -0.2) is 64.1 Å². The van der Waals surface area contributed by atoms with Crippen LogP contribution in [0.4, 0.5) is 5.82 Å². The van der Waals surface area contributed by atoms with Crippen molar-refractivity contribution in [3.05, 3.63) is 12.7 Å². The van der Waals surface area contributed by atoms with Crippen LogP contribution in [0.15, 0.2) is 12.7 Å². The number of H-pyrrole nitrogens is 1. The fourth-order valence-electron chi connectivity index (χ4n) is 3.10. The first-order chi connectivity index (χ1) is 8.37. The standard InChI is InChI=1S/C11H15N6/c1-4-17(5-2-16(1)3-6-17)11-9-10(13-7-12-9)14-8-15-11/h7-8H,1-6H2,(H,12,13,14,15)/q+1. The van der Waals surface area contributed by atoms with E-state index in [-0.39, 0.29) is 0 Å². The van der Waals surface area contributed by atoms with Crippen LogP contribution in [-0.2, 0) is 0 Å². The van der Waals surface area contributed by atoms with Gasteiger partial charge < -0.3 is 4.98 Å². The van der Waals surface area contributed by atoms with E-state index in [1.807, 2.05) is 0 Å². The Hall–Kier alpha value is -1.53. The van der Waals surface area contributed by atoms with Crippen LogP contribution >= 0.6 is 0 Å². The fourth-order valence-corrected chi connectivity index (χ4v) is 3.10. The Morgan fingerprint density at radius 3 is 2.59 bits per heavy atom. The number of rotatable bonds is 1. The predicted octanol–water partition coefficient (Wildman–Crippen LogP) is -0.0106. The second-order valence-corrected chi connectivity index (χ2v) is 4.96. The average Bonchev–Trinajstić information content (AvgIpc) is 2.89. The summed E-state index contributed by atoms with van der Waals surface area (Å²) < 4.78 is 0.998. The van der Waals surface area contributed by atoms with E-state index in [2.05, 4.69) is 24.8 Å². The molecule has 17 heavy (non-hydrogen) atoms. The van der Waals surface area contributed by atoms with E-state index < -0.39 is 0 Å². The van der Waals surface area contributed by atoms with Gasteiger partial charge in [0.05, 0.1) is 26.0 Å². The van der Waals surface area contributed by atoms with Crippen LogP contribution in [0, 0.1) is 0 Å². The highest BCUT2D eigenvalue weighted by Gasteiger charge is 2.42. The molecule has 0 amide bonds. The first kappa shape index (κ1) is 9.49. The van der Waals surface area contributed by atoms with Crippen molar-refractivity contribution in [3.63, 3.8) is 0 Å². The van der Waals surface area contributed by atoms with E-state index in [4.69, 9.17) is 0 Å². The molecule has 0 aromatic carbocycles. The molecule has 3 fully saturated rings. The molecule has 6 heteroatoms. The maximum atomic E-state index is 4.54. The van der Waals surface area contributed by atoms with Gasteiger partial charge in [-0.2, -0.15) is 4.98 Å². The van der Waals surface area contributed by atoms with Crippen LogP contribution in [0.25, 0.3) is 11.2 Å². The van der Waals surface area contributed by atoms with Crippen LogP contribution in [0.1, 0.15) is 0 Å². The monoisotopic (exact) mass is 231 g/mol. The summed E-state index contributed by atoms with van der Waals surface area (Å²) in [5.41, 5.74) is 1.80. The highest BCUT2D eigenvalue weighted by Crippen LogP contribution is 2.30. The van der Waals surface area contributed by atoms with Gasteiger partial charge >= 0.3 is 0 Å². The number of hydrogen-bond acceptors (Lipinski definition) is 4. The molecule has 0 aliphatic carbocycles. The molecule has 3 aliphatic heterocycles. The number of nitrogens with zero attached hydrogens (tertiary/aromatic N) is 5. The Balaban J connectivity index is 1.90. The molecule has 6 nitrogen and oxygen atoms in total. The second kappa shape index (κ2) is 3.24. The van der Waals surface area contributed by atoms with Crippen LogP contribution < -0.4 is 4.48 Å². The lowest BCUT2D eigenvalue weighted by Crippen LogP contribution is -2.68. The van der Waals surface area contributed by atoms with Gasteiger partial charge in [-0.05, 0) is 0 Å². The molecule has 5 rings (SSSR count). The largest absolute Gasteiger partial charge is 0.337 e. The maximum absolute atomic E-state index is 4.54. The SMILES string of the molecule is c1nc([N+]23CCN(CC2)CC3)c2[nH]cnc2n1. The van der Waals surface area contributed by atoms with E-state index in [0.717, 1.165) is 41.1 Å². The van der Waals surface area contributed by atoms with Gasteiger partial charge in [-0.25, -0.2) is 9.97 Å². The van der Waals surface area contributed by atoms with Crippen molar-refractivity contribution >= 4 is 17.0 Å². The Labute approximate surface area is 98.9 Å². The summed E-state index contributed by atoms with van der Waals surface area (Å²) in [5, 5.41) is 0. The van der Waals surface area contributed by atoms with Gasteiger partial charge in [-0.3, -0.25) is 9.38 Å². The van der Waals surface area contributed by atoms with E-state index in [9.17, 15) is 0 Å². The maximum Gasteiger partial charge on any atom is 0.257 e. The number of piperazine rings is 3. The van der Waals surface area contributed by atoms with E-state index in [1.54, 1.807) is 12.7 Å². The van der Waals surface area contributed by atoms with Crippen molar-refractivity contribution in [2.45, 2.75) is 0 Å². The summed E-state index contributed by atoms with van der Waals surface area (Å²) >= 11 is 0. The molecule has 2 aromatic rings. The smallest absolute Gasteiger partial charge is 0.257 e. The Kier molecular flexibility index (Phi) is 1.81. The van der Waals surface area contributed by atoms with Crippen molar-refractivity contribution in [2.75, 3.05) is 39.3 Å². The van der Waals surface area contributed by atoms with Crippen molar-refractivity contribution in [3.8, 4) is 0 Å². The zero-order chi connectivity index (χ0) is 11.3. The molecule has 0 spiro atoms. The highest BCUT2D eigenvalue weighted by molar-refractivity contribution is 5.81. The van der Waals surface area contributed by atoms with Gasteiger partial charge in [0.15, 0.2) is 11.2 Å². The first-order valence-corrected chi connectivity index (χ1v) is 6.11. The van der Waals surface area contributed by atoms with Crippen LogP contribution in [0.2, 0.25) is 0 Å². The lowest BCUT2D eigenvalue weighted by molar-refractivity contribution is 0.0665. The van der Waals surface area contributed by atoms with Crippen molar-refractivity contribution in [2.24, 2.45) is 0 Å². The third kappa shape index (κ3) is 1.25. The van der Waals surface area contributed by atoms with Crippen molar-refractivity contribution in [1.82, 2.24) is 29.3 Å². The third-order valence-corrected chi connectivity index (χ3v) is 4.19. The number of aromatic amines is 1. The number of aromatic nitrogens is 4. The van der Waals surface area contributed by atoms with Crippen molar-refractivity contribution in [1.29, 1.82) is 0 Å². The molecule has 1 N–H and O–H groups in total. The highest BCUT2D eigenvalue weighted by atomic mass is 15.5. The summed E-state index contributed by atoms with van der Waals surface area (Å²) in [7, 11) is 0. The van der Waals surface area contributed by atoms with E-state index in [0.29, 0.717) is 0 Å². The zero-order valence-electron chi connectivity index (χ0n) is 9.63. The summed E-state index contributed by atoms with van der Waals surface area (Å²) in [5.74, 6) is 1.13. The molecule has 0 saturated carbocycles. The van der Waals surface area contributed by atoms with Gasteiger partial charge in [-0.1, -0.05) is 0 Å². The first-order valence-electron chi connectivity index (χ1n) is 6.11. The topological polar surface area (TPSA) is 57.7 Å². The summed E-state index contributed by atoms with van der Waals surface area (Å²) in [6.07, 6.45) is 3.36. The lowest BCUT2D eigenvalue weighted by atomic mass is 10.1. The molecule has 88 valence electrons. The Morgan fingerprint density at radius 1 is 1.06 bits per heavy atom. The van der Waals surface area contributed by atoms with E-state index >= 15 is 0 Å². The Bertz CT molecular complexity index is 540. The number of fused-ring (bicyclic) bond motifs is 4. The molecule has 0 atom stereocenters. The molecule has 3 saturated heterocycles. The average molecular weight is 231 g/mol. The minimum atomic E-state index is 0.788.